The zero-order valence-corrected chi connectivity index (χ0v) is 19.0. The lowest BCUT2D eigenvalue weighted by Gasteiger charge is -2.15. The summed E-state index contributed by atoms with van der Waals surface area (Å²) in [4.78, 5) is 28.6. The van der Waals surface area contributed by atoms with Crippen LogP contribution in [0.4, 0.5) is 17.3 Å². The van der Waals surface area contributed by atoms with Crippen LogP contribution in [0.15, 0.2) is 23.2 Å². The minimum Gasteiger partial charge on any atom is -0.489 e. The van der Waals surface area contributed by atoms with E-state index in [0.29, 0.717) is 0 Å². The number of nitrogens with one attached hydrogen (secondary N) is 3. The zero-order chi connectivity index (χ0) is 26.7. The van der Waals surface area contributed by atoms with E-state index in [9.17, 15) is 18.0 Å². The van der Waals surface area contributed by atoms with Gasteiger partial charge in [0.25, 0.3) is 5.91 Å². The van der Waals surface area contributed by atoms with Crippen LogP contribution in [0.3, 0.4) is 0 Å². The van der Waals surface area contributed by atoms with E-state index in [-0.39, 0.29) is 52.5 Å². The summed E-state index contributed by atoms with van der Waals surface area (Å²) in [7, 11) is -2.34. The minimum absolute atomic E-state index is 0.0192. The van der Waals surface area contributed by atoms with Crippen molar-refractivity contribution in [2.24, 2.45) is 5.92 Å². The smallest absolute Gasteiger partial charge is 0.273 e. The number of hydrogen-bond acceptors (Lipinski definition) is 10. The number of anilines is 3. The molecule has 178 valence electrons. The normalized spacial score (nSPS) is 16.0. The highest BCUT2D eigenvalue weighted by Crippen LogP contribution is 2.31. The van der Waals surface area contributed by atoms with Crippen LogP contribution in [-0.4, -0.2) is 68.5 Å². The van der Waals surface area contributed by atoms with Crippen molar-refractivity contribution in [1.29, 1.82) is 0 Å². The summed E-state index contributed by atoms with van der Waals surface area (Å²) in [5, 5.41) is 14.6. The number of hydrogen-bond donors (Lipinski definition) is 3. The molecule has 0 aromatic carbocycles. The SMILES string of the molecule is [2H]C([2H])([2H])NC(=O)c1nnc(NC(=O)C2CC2)cc1Nc1ncc(OC[C@H](C)OC)cc1S(C)(=O)=O. The van der Waals surface area contributed by atoms with E-state index < -0.39 is 28.4 Å². The molecule has 1 aliphatic carbocycles. The lowest BCUT2D eigenvalue weighted by molar-refractivity contribution is -0.117. The van der Waals surface area contributed by atoms with Gasteiger partial charge in [-0.15, -0.1) is 10.2 Å². The van der Waals surface area contributed by atoms with Gasteiger partial charge in [-0.05, 0) is 19.8 Å². The lowest BCUT2D eigenvalue weighted by atomic mass is 10.2. The fourth-order valence-electron chi connectivity index (χ4n) is 2.64. The fraction of sp³-hybridized carbons (Fsp3) is 0.450. The minimum atomic E-state index is -3.85. The largest absolute Gasteiger partial charge is 0.489 e. The first kappa shape index (κ1) is 20.3. The number of pyridine rings is 1. The average molecular weight is 482 g/mol. The van der Waals surface area contributed by atoms with Crippen LogP contribution in [-0.2, 0) is 19.4 Å². The molecule has 0 aliphatic heterocycles. The number of sulfone groups is 1. The Labute approximate surface area is 195 Å². The second-order valence-corrected chi connectivity index (χ2v) is 9.47. The van der Waals surface area contributed by atoms with Gasteiger partial charge in [-0.1, -0.05) is 0 Å². The van der Waals surface area contributed by atoms with Gasteiger partial charge in [-0.3, -0.25) is 9.59 Å². The molecule has 13 heteroatoms. The Morgan fingerprint density at radius 3 is 2.70 bits per heavy atom. The van der Waals surface area contributed by atoms with Gasteiger partial charge >= 0.3 is 0 Å². The van der Waals surface area contributed by atoms with Crippen molar-refractivity contribution in [3.8, 4) is 5.75 Å². The van der Waals surface area contributed by atoms with E-state index in [2.05, 4.69) is 25.8 Å². The zero-order valence-electron chi connectivity index (χ0n) is 21.2. The summed E-state index contributed by atoms with van der Waals surface area (Å²) >= 11 is 0. The number of rotatable bonds is 10. The number of aromatic nitrogens is 3. The molecule has 0 bridgehead atoms. The van der Waals surface area contributed by atoms with Crippen LogP contribution in [0.25, 0.3) is 0 Å². The molecule has 0 spiro atoms. The van der Waals surface area contributed by atoms with Crippen molar-refractivity contribution in [2.75, 3.05) is 37.6 Å². The number of amides is 2. The van der Waals surface area contributed by atoms with Gasteiger partial charge in [-0.2, -0.15) is 0 Å². The van der Waals surface area contributed by atoms with Crippen molar-refractivity contribution in [2.45, 2.75) is 30.8 Å². The van der Waals surface area contributed by atoms with Crippen LogP contribution in [0, 0.1) is 5.92 Å². The van der Waals surface area contributed by atoms with E-state index in [0.717, 1.165) is 19.1 Å². The summed E-state index contributed by atoms with van der Waals surface area (Å²) in [6, 6.07) is 2.49. The highest BCUT2D eigenvalue weighted by Gasteiger charge is 2.30. The maximum Gasteiger partial charge on any atom is 0.273 e. The van der Waals surface area contributed by atoms with E-state index >= 15 is 0 Å². The molecule has 1 saturated carbocycles. The molecule has 3 N–H and O–H groups in total. The van der Waals surface area contributed by atoms with Crippen LogP contribution in [0.5, 0.6) is 5.75 Å². The van der Waals surface area contributed by atoms with E-state index in [4.69, 9.17) is 13.6 Å². The summed E-state index contributed by atoms with van der Waals surface area (Å²) in [6.45, 7) is -0.905. The van der Waals surface area contributed by atoms with Crippen LogP contribution >= 0.6 is 0 Å². The number of carbonyl (C=O) groups excluding carboxylic acids is 2. The van der Waals surface area contributed by atoms with Crippen molar-refractivity contribution >= 4 is 39.0 Å². The molecule has 1 aliphatic rings. The van der Waals surface area contributed by atoms with Crippen LogP contribution < -0.4 is 20.7 Å². The summed E-state index contributed by atoms with van der Waals surface area (Å²) < 4.78 is 57.4. The van der Waals surface area contributed by atoms with Crippen LogP contribution in [0.1, 0.15) is 34.4 Å². The third kappa shape index (κ3) is 6.35. The molecular weight excluding hydrogens is 452 g/mol. The molecule has 33 heavy (non-hydrogen) atoms. The van der Waals surface area contributed by atoms with Gasteiger partial charge in [0.05, 0.1) is 18.0 Å². The standard InChI is InChI=1S/C20H26N6O6S/c1-11(31-3)10-32-13-7-15(33(4,29)30)18(22-9-13)23-14-8-16(24-19(27)12-5-6-12)25-26-17(14)20(28)21-2/h7-9,11-12H,5-6,10H2,1-4H3,(H,21,28)(H2,22,23,24,25,27)/t11-/m0/s1/i2D3. The second-order valence-electron chi connectivity index (χ2n) is 7.48. The quantitative estimate of drug-likeness (QED) is 0.449. The van der Waals surface area contributed by atoms with Gasteiger partial charge < -0.3 is 25.4 Å². The molecule has 0 radical (unpaired) electrons. The molecule has 2 aromatic heterocycles. The molecule has 12 nitrogen and oxygen atoms in total. The molecule has 2 amide bonds. The third-order valence-electron chi connectivity index (χ3n) is 4.69. The first-order valence-corrected chi connectivity index (χ1v) is 11.8. The predicted molar refractivity (Wildman–Crippen MR) is 119 cm³/mol. The van der Waals surface area contributed by atoms with Crippen molar-refractivity contribution in [1.82, 2.24) is 20.5 Å². The highest BCUT2D eigenvalue weighted by molar-refractivity contribution is 7.90. The summed E-state index contributed by atoms with van der Waals surface area (Å²) in [5.41, 5.74) is -0.581. The van der Waals surface area contributed by atoms with Crippen molar-refractivity contribution in [3.05, 3.63) is 24.0 Å². The van der Waals surface area contributed by atoms with E-state index in [1.54, 1.807) is 12.2 Å². The molecule has 0 saturated heterocycles. The first-order chi connectivity index (χ1) is 16.8. The molecule has 3 rings (SSSR count). The number of methoxy groups -OCH3 is 1. The van der Waals surface area contributed by atoms with Crippen LogP contribution in [0.2, 0.25) is 0 Å². The number of nitrogens with zero attached hydrogens (tertiary/aromatic N) is 3. The number of ether oxygens (including phenoxy) is 2. The molecule has 2 aromatic rings. The Hall–Kier alpha value is -3.32. The highest BCUT2D eigenvalue weighted by atomic mass is 32.2. The lowest BCUT2D eigenvalue weighted by Crippen LogP contribution is -2.23. The summed E-state index contributed by atoms with van der Waals surface area (Å²) in [6.07, 6.45) is 3.46. The third-order valence-corrected chi connectivity index (χ3v) is 5.80. The van der Waals surface area contributed by atoms with Crippen molar-refractivity contribution < 1.29 is 31.6 Å². The fourth-order valence-corrected chi connectivity index (χ4v) is 3.43. The van der Waals surface area contributed by atoms with E-state index in [1.165, 1.54) is 25.4 Å². The molecule has 1 fully saturated rings. The maximum atomic E-state index is 12.6. The van der Waals surface area contributed by atoms with E-state index in [1.807, 2.05) is 0 Å². The average Bonchev–Trinajstić information content (AvgIpc) is 3.62. The Bertz CT molecular complexity index is 1250. The Morgan fingerprint density at radius 2 is 2.06 bits per heavy atom. The summed E-state index contributed by atoms with van der Waals surface area (Å²) in [5.74, 6) is -1.56. The monoisotopic (exact) mass is 481 g/mol. The Kier molecular flexibility index (Phi) is 6.20. The Balaban J connectivity index is 1.98. The molecule has 2 heterocycles. The predicted octanol–water partition coefficient (Wildman–Crippen LogP) is 1.14. The molecule has 1 atom stereocenters. The molecule has 0 unspecified atom stereocenters. The topological polar surface area (TPSA) is 162 Å². The van der Waals surface area contributed by atoms with Gasteiger partial charge in [0.1, 0.15) is 23.1 Å². The Morgan fingerprint density at radius 1 is 1.30 bits per heavy atom. The number of carbonyl (C=O) groups is 2. The van der Waals surface area contributed by atoms with Gasteiger partial charge in [-0.25, -0.2) is 13.4 Å². The molecular formula is C20H26N6O6S. The maximum absolute atomic E-state index is 12.6. The van der Waals surface area contributed by atoms with Gasteiger partial charge in [0.2, 0.25) is 5.91 Å². The first-order valence-electron chi connectivity index (χ1n) is 11.4. The van der Waals surface area contributed by atoms with Gasteiger partial charge in [0, 0.05) is 42.5 Å². The second kappa shape index (κ2) is 10.1. The van der Waals surface area contributed by atoms with Gasteiger partial charge in [0.15, 0.2) is 21.3 Å². The van der Waals surface area contributed by atoms with Crippen molar-refractivity contribution in [3.63, 3.8) is 0 Å².